The second-order valence-electron chi connectivity index (χ2n) is 6.07. The Hall–Kier alpha value is -2.92. The van der Waals surface area contributed by atoms with Crippen LogP contribution in [0, 0.1) is 0 Å². The third-order valence-corrected chi connectivity index (χ3v) is 5.07. The largest absolute Gasteiger partial charge is 0.497 e. The molecule has 0 radical (unpaired) electrons. The van der Waals surface area contributed by atoms with Crippen molar-refractivity contribution in [3.63, 3.8) is 0 Å². The predicted octanol–water partition coefficient (Wildman–Crippen LogP) is 4.80. The molecule has 0 atom stereocenters. The summed E-state index contributed by atoms with van der Waals surface area (Å²) in [6, 6.07) is 25.1. The first-order valence-corrected chi connectivity index (χ1v) is 10.0. The maximum Gasteiger partial charge on any atom is 0.251 e. The highest BCUT2D eigenvalue weighted by atomic mass is 32.2. The highest BCUT2D eigenvalue weighted by Crippen LogP contribution is 2.18. The molecule has 0 unspecified atom stereocenters. The predicted molar refractivity (Wildman–Crippen MR) is 113 cm³/mol. The second kappa shape index (κ2) is 10.4. The Balaban J connectivity index is 1.41. The molecular weight excluding hydrogens is 370 g/mol. The number of amides is 1. The number of rotatable bonds is 9. The van der Waals surface area contributed by atoms with Gasteiger partial charge in [-0.3, -0.25) is 4.79 Å². The minimum absolute atomic E-state index is 0.109. The lowest BCUT2D eigenvalue weighted by atomic mass is 10.2. The van der Waals surface area contributed by atoms with Crippen LogP contribution in [0.15, 0.2) is 83.8 Å². The van der Waals surface area contributed by atoms with Crippen molar-refractivity contribution >= 4 is 17.7 Å². The van der Waals surface area contributed by atoms with Gasteiger partial charge in [-0.25, -0.2) is 0 Å². The molecule has 4 nitrogen and oxygen atoms in total. The van der Waals surface area contributed by atoms with Gasteiger partial charge in [0.15, 0.2) is 0 Å². The zero-order chi connectivity index (χ0) is 19.6. The fourth-order valence-electron chi connectivity index (χ4n) is 2.57. The molecule has 1 amide bonds. The molecule has 0 saturated heterocycles. The normalized spacial score (nSPS) is 10.3. The fraction of sp³-hybridized carbons (Fsp3) is 0.174. The van der Waals surface area contributed by atoms with Crippen LogP contribution < -0.4 is 14.8 Å². The standard InChI is InChI=1S/C23H23NO3S/c1-26-20-11-7-18(8-12-20)17-24-23(25)19-9-13-21(14-10-19)27-15-16-28-22-5-3-2-4-6-22/h2-14H,15-17H2,1H3,(H,24,25). The Kier molecular flexibility index (Phi) is 7.38. The van der Waals surface area contributed by atoms with Gasteiger partial charge in [-0.2, -0.15) is 0 Å². The van der Waals surface area contributed by atoms with E-state index in [0.29, 0.717) is 18.7 Å². The van der Waals surface area contributed by atoms with Crippen LogP contribution in [-0.4, -0.2) is 25.4 Å². The molecular formula is C23H23NO3S. The topological polar surface area (TPSA) is 47.6 Å². The molecule has 144 valence electrons. The summed E-state index contributed by atoms with van der Waals surface area (Å²) in [5, 5.41) is 2.92. The van der Waals surface area contributed by atoms with E-state index in [2.05, 4.69) is 17.4 Å². The third-order valence-electron chi connectivity index (χ3n) is 4.09. The number of benzene rings is 3. The molecule has 0 heterocycles. The lowest BCUT2D eigenvalue weighted by Crippen LogP contribution is -2.22. The Morgan fingerprint density at radius 1 is 0.893 bits per heavy atom. The zero-order valence-electron chi connectivity index (χ0n) is 15.8. The molecule has 3 aromatic carbocycles. The summed E-state index contributed by atoms with van der Waals surface area (Å²) in [4.78, 5) is 13.5. The molecule has 3 rings (SSSR count). The molecule has 0 spiro atoms. The molecule has 5 heteroatoms. The minimum atomic E-state index is -0.109. The maximum atomic E-state index is 12.3. The van der Waals surface area contributed by atoms with Crippen LogP contribution in [0.2, 0.25) is 0 Å². The van der Waals surface area contributed by atoms with Gasteiger partial charge in [0.05, 0.1) is 13.7 Å². The van der Waals surface area contributed by atoms with Crippen molar-refractivity contribution < 1.29 is 14.3 Å². The summed E-state index contributed by atoms with van der Waals surface area (Å²) in [5.41, 5.74) is 1.63. The van der Waals surface area contributed by atoms with Crippen molar-refractivity contribution in [3.8, 4) is 11.5 Å². The number of carbonyl (C=O) groups is 1. The van der Waals surface area contributed by atoms with E-state index in [9.17, 15) is 4.79 Å². The number of ether oxygens (including phenoxy) is 2. The van der Waals surface area contributed by atoms with Crippen molar-refractivity contribution in [2.75, 3.05) is 19.5 Å². The lowest BCUT2D eigenvalue weighted by Gasteiger charge is -2.08. The van der Waals surface area contributed by atoms with Gasteiger partial charge < -0.3 is 14.8 Å². The second-order valence-corrected chi connectivity index (χ2v) is 7.23. The molecule has 0 saturated carbocycles. The number of nitrogens with one attached hydrogen (secondary N) is 1. The molecule has 0 aromatic heterocycles. The van der Waals surface area contributed by atoms with Crippen LogP contribution in [-0.2, 0) is 6.54 Å². The van der Waals surface area contributed by atoms with E-state index in [1.165, 1.54) is 4.90 Å². The molecule has 0 aliphatic rings. The molecule has 0 aliphatic carbocycles. The number of methoxy groups -OCH3 is 1. The molecule has 28 heavy (non-hydrogen) atoms. The van der Waals surface area contributed by atoms with E-state index in [1.807, 2.05) is 54.6 Å². The van der Waals surface area contributed by atoms with E-state index >= 15 is 0 Å². The van der Waals surface area contributed by atoms with Crippen LogP contribution in [0.25, 0.3) is 0 Å². The van der Waals surface area contributed by atoms with Crippen LogP contribution in [0.1, 0.15) is 15.9 Å². The summed E-state index contributed by atoms with van der Waals surface area (Å²) >= 11 is 1.76. The molecule has 1 N–H and O–H groups in total. The van der Waals surface area contributed by atoms with Crippen molar-refractivity contribution in [2.45, 2.75) is 11.4 Å². The van der Waals surface area contributed by atoms with E-state index in [4.69, 9.17) is 9.47 Å². The van der Waals surface area contributed by atoms with Crippen LogP contribution in [0.5, 0.6) is 11.5 Å². The Morgan fingerprint density at radius 3 is 2.25 bits per heavy atom. The number of hydrogen-bond donors (Lipinski definition) is 1. The molecule has 0 bridgehead atoms. The van der Waals surface area contributed by atoms with Gasteiger partial charge in [0.25, 0.3) is 5.91 Å². The SMILES string of the molecule is COc1ccc(CNC(=O)c2ccc(OCCSc3ccccc3)cc2)cc1. The summed E-state index contributed by atoms with van der Waals surface area (Å²) in [7, 11) is 1.63. The maximum absolute atomic E-state index is 12.3. The van der Waals surface area contributed by atoms with Gasteiger partial charge in [0, 0.05) is 22.8 Å². The Morgan fingerprint density at radius 2 is 1.57 bits per heavy atom. The summed E-state index contributed by atoms with van der Waals surface area (Å²) in [5.74, 6) is 2.32. The quantitative estimate of drug-likeness (QED) is 0.419. The minimum Gasteiger partial charge on any atom is -0.497 e. The summed E-state index contributed by atoms with van der Waals surface area (Å²) in [6.07, 6.45) is 0. The smallest absolute Gasteiger partial charge is 0.251 e. The fourth-order valence-corrected chi connectivity index (χ4v) is 3.32. The molecule has 0 aliphatic heterocycles. The van der Waals surface area contributed by atoms with Crippen molar-refractivity contribution in [1.29, 1.82) is 0 Å². The van der Waals surface area contributed by atoms with Crippen molar-refractivity contribution in [1.82, 2.24) is 5.32 Å². The van der Waals surface area contributed by atoms with Gasteiger partial charge in [-0.1, -0.05) is 30.3 Å². The highest BCUT2D eigenvalue weighted by molar-refractivity contribution is 7.99. The first-order chi connectivity index (χ1) is 13.7. The monoisotopic (exact) mass is 393 g/mol. The number of hydrogen-bond acceptors (Lipinski definition) is 4. The average molecular weight is 394 g/mol. The van der Waals surface area contributed by atoms with Crippen LogP contribution in [0.4, 0.5) is 0 Å². The zero-order valence-corrected chi connectivity index (χ0v) is 16.6. The van der Waals surface area contributed by atoms with Crippen molar-refractivity contribution in [3.05, 3.63) is 90.0 Å². The first kappa shape index (κ1) is 19.8. The first-order valence-electron chi connectivity index (χ1n) is 9.06. The van der Waals surface area contributed by atoms with E-state index in [1.54, 1.807) is 31.0 Å². The number of thioether (sulfide) groups is 1. The van der Waals surface area contributed by atoms with Crippen LogP contribution in [0.3, 0.4) is 0 Å². The average Bonchev–Trinajstić information content (AvgIpc) is 2.76. The molecule has 0 fully saturated rings. The lowest BCUT2D eigenvalue weighted by molar-refractivity contribution is 0.0951. The molecule has 3 aromatic rings. The van der Waals surface area contributed by atoms with Gasteiger partial charge in [0.1, 0.15) is 11.5 Å². The van der Waals surface area contributed by atoms with Gasteiger partial charge in [-0.05, 0) is 54.1 Å². The third kappa shape index (κ3) is 6.06. The highest BCUT2D eigenvalue weighted by Gasteiger charge is 2.06. The van der Waals surface area contributed by atoms with Gasteiger partial charge in [0.2, 0.25) is 0 Å². The van der Waals surface area contributed by atoms with E-state index in [0.717, 1.165) is 22.8 Å². The van der Waals surface area contributed by atoms with Crippen molar-refractivity contribution in [2.24, 2.45) is 0 Å². The van der Waals surface area contributed by atoms with Gasteiger partial charge >= 0.3 is 0 Å². The van der Waals surface area contributed by atoms with Gasteiger partial charge in [-0.15, -0.1) is 11.8 Å². The Bertz CT molecular complexity index is 865. The summed E-state index contributed by atoms with van der Waals surface area (Å²) in [6.45, 7) is 1.08. The summed E-state index contributed by atoms with van der Waals surface area (Å²) < 4.78 is 10.9. The number of carbonyl (C=O) groups excluding carboxylic acids is 1. The van der Waals surface area contributed by atoms with E-state index in [-0.39, 0.29) is 5.91 Å². The Labute approximate surface area is 169 Å². The van der Waals surface area contributed by atoms with E-state index < -0.39 is 0 Å². The van der Waals surface area contributed by atoms with Crippen LogP contribution >= 0.6 is 11.8 Å².